The van der Waals surface area contributed by atoms with Crippen LogP contribution in [0.15, 0.2) is 47.7 Å². The van der Waals surface area contributed by atoms with Gasteiger partial charge in [-0.25, -0.2) is 13.8 Å². The number of carbonyl (C=O) groups is 2. The fraction of sp³-hybridized carbons (Fsp3) is 0.261. The van der Waals surface area contributed by atoms with Gasteiger partial charge in [-0.3, -0.25) is 14.5 Å². The zero-order chi connectivity index (χ0) is 23.2. The molecule has 0 aliphatic carbocycles. The van der Waals surface area contributed by atoms with Crippen molar-refractivity contribution in [1.29, 1.82) is 0 Å². The van der Waals surface area contributed by atoms with E-state index in [0.717, 1.165) is 17.0 Å². The molecule has 1 aliphatic heterocycles. The predicted molar refractivity (Wildman–Crippen MR) is 113 cm³/mol. The molecule has 0 saturated carbocycles. The van der Waals surface area contributed by atoms with Crippen molar-refractivity contribution in [3.63, 3.8) is 0 Å². The van der Waals surface area contributed by atoms with Crippen molar-refractivity contribution in [2.75, 3.05) is 12.0 Å². The van der Waals surface area contributed by atoms with E-state index in [9.17, 15) is 23.5 Å². The van der Waals surface area contributed by atoms with Gasteiger partial charge >= 0.3 is 0 Å². The smallest absolute Gasteiger partial charge is 0.296 e. The highest BCUT2D eigenvalue weighted by Crippen LogP contribution is 2.42. The molecular formula is C23H21F2N3O4. The third-order valence-corrected chi connectivity index (χ3v) is 5.25. The number of nitrogens with zero attached hydrogens (tertiary/aromatic N) is 2. The Morgan fingerprint density at radius 2 is 1.97 bits per heavy atom. The highest BCUT2D eigenvalue weighted by atomic mass is 19.2. The highest BCUT2D eigenvalue weighted by Gasteiger charge is 2.45. The number of aliphatic hydroxyl groups excluding tert-OH is 1. The van der Waals surface area contributed by atoms with Crippen LogP contribution in [0.5, 0.6) is 5.75 Å². The first-order valence-corrected chi connectivity index (χ1v) is 9.99. The second-order valence-electron chi connectivity index (χ2n) is 7.98. The molecule has 2 aromatic carbocycles. The summed E-state index contributed by atoms with van der Waals surface area (Å²) in [7, 11) is 1.48. The van der Waals surface area contributed by atoms with Gasteiger partial charge < -0.3 is 14.8 Å². The molecule has 0 radical (unpaired) electrons. The number of carbonyl (C=O) groups excluding carboxylic acids is 2. The van der Waals surface area contributed by atoms with Gasteiger partial charge in [0.1, 0.15) is 5.75 Å². The number of Topliss-reactive ketones (excluding diaryl/α,β-unsaturated/α-hetero) is 1. The van der Waals surface area contributed by atoms with Crippen molar-refractivity contribution >= 4 is 28.7 Å². The Morgan fingerprint density at radius 1 is 1.25 bits per heavy atom. The maximum absolute atomic E-state index is 13.7. The standard InChI is InChI=1S/C23H21F2N3O4/c1-11(2)7-18(29)19-20(12-5-4-6-13(8-12)32-3)28(22(31)21(19)30)23-26-16-9-14(24)15(25)10-17(16)27-23/h4-6,8-11,20,30H,7H2,1-3H3,(H,26,27). The summed E-state index contributed by atoms with van der Waals surface area (Å²) in [6.45, 7) is 3.71. The van der Waals surface area contributed by atoms with E-state index in [1.165, 1.54) is 7.11 Å². The van der Waals surface area contributed by atoms with E-state index in [2.05, 4.69) is 9.97 Å². The van der Waals surface area contributed by atoms with Crippen LogP contribution in [-0.2, 0) is 9.59 Å². The molecule has 1 unspecified atom stereocenters. The van der Waals surface area contributed by atoms with Crippen LogP contribution >= 0.6 is 0 Å². The van der Waals surface area contributed by atoms with Gasteiger partial charge in [0.2, 0.25) is 5.95 Å². The van der Waals surface area contributed by atoms with Crippen molar-refractivity contribution in [3.05, 3.63) is 64.9 Å². The lowest BCUT2D eigenvalue weighted by Gasteiger charge is -2.25. The van der Waals surface area contributed by atoms with Gasteiger partial charge in [-0.15, -0.1) is 0 Å². The number of anilines is 1. The lowest BCUT2D eigenvalue weighted by Crippen LogP contribution is -2.32. The summed E-state index contributed by atoms with van der Waals surface area (Å²) in [5, 5.41) is 10.7. The first-order valence-electron chi connectivity index (χ1n) is 9.99. The molecule has 1 aliphatic rings. The lowest BCUT2D eigenvalue weighted by atomic mass is 9.92. The molecule has 0 fully saturated rings. The summed E-state index contributed by atoms with van der Waals surface area (Å²) in [5.74, 6) is -3.62. The highest BCUT2D eigenvalue weighted by molar-refractivity contribution is 6.16. The maximum atomic E-state index is 13.7. The van der Waals surface area contributed by atoms with E-state index < -0.39 is 29.3 Å². The molecule has 7 nitrogen and oxygen atoms in total. The summed E-state index contributed by atoms with van der Waals surface area (Å²) >= 11 is 0. The van der Waals surface area contributed by atoms with E-state index >= 15 is 0 Å². The average molecular weight is 441 g/mol. The Morgan fingerprint density at radius 3 is 2.66 bits per heavy atom. The minimum atomic E-state index is -1.08. The van der Waals surface area contributed by atoms with Crippen LogP contribution in [0, 0.1) is 17.6 Å². The van der Waals surface area contributed by atoms with Crippen molar-refractivity contribution in [3.8, 4) is 5.75 Å². The van der Waals surface area contributed by atoms with Crippen LogP contribution in [0.3, 0.4) is 0 Å². The van der Waals surface area contributed by atoms with Crippen molar-refractivity contribution in [1.82, 2.24) is 9.97 Å². The predicted octanol–water partition coefficient (Wildman–Crippen LogP) is 4.36. The van der Waals surface area contributed by atoms with Crippen LogP contribution in [0.25, 0.3) is 11.0 Å². The number of aromatic nitrogens is 2. The third kappa shape index (κ3) is 3.59. The Kier molecular flexibility index (Phi) is 5.41. The van der Waals surface area contributed by atoms with Gasteiger partial charge in [-0.05, 0) is 23.6 Å². The van der Waals surface area contributed by atoms with E-state index in [0.29, 0.717) is 11.3 Å². The van der Waals surface area contributed by atoms with Gasteiger partial charge in [0.05, 0.1) is 29.8 Å². The van der Waals surface area contributed by atoms with E-state index in [4.69, 9.17) is 4.74 Å². The SMILES string of the molecule is COc1cccc(C2C(C(=O)CC(C)C)=C(O)C(=O)N2c2nc3cc(F)c(F)cc3[nH]2)c1. The van der Waals surface area contributed by atoms with Gasteiger partial charge in [0.25, 0.3) is 5.91 Å². The van der Waals surface area contributed by atoms with Crippen LogP contribution in [0.4, 0.5) is 14.7 Å². The van der Waals surface area contributed by atoms with Crippen LogP contribution in [0.2, 0.25) is 0 Å². The second-order valence-corrected chi connectivity index (χ2v) is 7.98. The second kappa shape index (κ2) is 8.07. The fourth-order valence-corrected chi connectivity index (χ4v) is 3.82. The van der Waals surface area contributed by atoms with Crippen molar-refractivity contribution in [2.24, 2.45) is 5.92 Å². The maximum Gasteiger partial charge on any atom is 0.296 e. The molecular weight excluding hydrogens is 420 g/mol. The Balaban J connectivity index is 1.88. The Hall–Kier alpha value is -3.75. The normalized spacial score (nSPS) is 16.5. The number of amides is 1. The summed E-state index contributed by atoms with van der Waals surface area (Å²) < 4.78 is 32.6. The molecule has 1 aromatic heterocycles. The quantitative estimate of drug-likeness (QED) is 0.593. The van der Waals surface area contributed by atoms with Gasteiger partial charge in [0, 0.05) is 18.6 Å². The van der Waals surface area contributed by atoms with Gasteiger partial charge in [0.15, 0.2) is 23.2 Å². The number of aliphatic hydroxyl groups is 1. The third-order valence-electron chi connectivity index (χ3n) is 5.25. The number of benzene rings is 2. The molecule has 32 heavy (non-hydrogen) atoms. The first-order chi connectivity index (χ1) is 15.2. The summed E-state index contributed by atoms with van der Waals surface area (Å²) in [6, 6.07) is 7.57. The van der Waals surface area contributed by atoms with Crippen LogP contribution in [0.1, 0.15) is 31.9 Å². The summed E-state index contributed by atoms with van der Waals surface area (Å²) in [6.07, 6.45) is 0.123. The van der Waals surface area contributed by atoms with Crippen molar-refractivity contribution in [2.45, 2.75) is 26.3 Å². The molecule has 2 N–H and O–H groups in total. The zero-order valence-corrected chi connectivity index (χ0v) is 17.6. The monoisotopic (exact) mass is 441 g/mol. The number of rotatable bonds is 6. The number of nitrogens with one attached hydrogen (secondary N) is 1. The van der Waals surface area contributed by atoms with Gasteiger partial charge in [-0.2, -0.15) is 0 Å². The molecule has 4 rings (SSSR count). The van der Waals surface area contributed by atoms with Crippen LogP contribution < -0.4 is 9.64 Å². The lowest BCUT2D eigenvalue weighted by molar-refractivity contribution is -0.118. The molecule has 0 spiro atoms. The number of halogens is 2. The molecule has 0 saturated heterocycles. The largest absolute Gasteiger partial charge is 0.503 e. The minimum Gasteiger partial charge on any atom is -0.503 e. The number of imidazole rings is 1. The van der Waals surface area contributed by atoms with E-state index in [1.54, 1.807) is 24.3 Å². The van der Waals surface area contributed by atoms with Crippen LogP contribution in [-0.4, -0.2) is 33.9 Å². The number of hydrogen-bond donors (Lipinski definition) is 2. The molecule has 1 atom stereocenters. The molecule has 0 bridgehead atoms. The number of methoxy groups -OCH3 is 1. The average Bonchev–Trinajstić information content (AvgIpc) is 3.26. The summed E-state index contributed by atoms with van der Waals surface area (Å²) in [4.78, 5) is 34.2. The zero-order valence-electron chi connectivity index (χ0n) is 17.6. The molecule has 2 heterocycles. The number of hydrogen-bond acceptors (Lipinski definition) is 5. The molecule has 166 valence electrons. The number of aromatic amines is 1. The number of ketones is 1. The molecule has 3 aromatic rings. The topological polar surface area (TPSA) is 95.5 Å². The Bertz CT molecular complexity index is 1230. The Labute approximate surface area is 182 Å². The summed E-state index contributed by atoms with van der Waals surface area (Å²) in [5.41, 5.74) is 0.705. The first kappa shape index (κ1) is 21.5. The van der Waals surface area contributed by atoms with Crippen molar-refractivity contribution < 1.29 is 28.2 Å². The van der Waals surface area contributed by atoms with E-state index in [-0.39, 0.29) is 40.7 Å². The van der Waals surface area contributed by atoms with Gasteiger partial charge in [-0.1, -0.05) is 26.0 Å². The molecule has 9 heteroatoms. The van der Waals surface area contributed by atoms with E-state index in [1.807, 2.05) is 13.8 Å². The number of fused-ring (bicyclic) bond motifs is 1. The molecule has 1 amide bonds. The number of ether oxygens (including phenoxy) is 1. The number of H-pyrrole nitrogens is 1. The fourth-order valence-electron chi connectivity index (χ4n) is 3.82. The minimum absolute atomic E-state index is 0.00457.